The lowest BCUT2D eigenvalue weighted by atomic mass is 9.89. The van der Waals surface area contributed by atoms with Crippen LogP contribution in [-0.4, -0.2) is 32.2 Å². The summed E-state index contributed by atoms with van der Waals surface area (Å²) in [4.78, 5) is 23.3. The third-order valence-corrected chi connectivity index (χ3v) is 4.90. The van der Waals surface area contributed by atoms with Crippen LogP contribution < -0.4 is 0 Å². The number of hydrogen-bond acceptors (Lipinski definition) is 4. The maximum absolute atomic E-state index is 11.7. The Balaban J connectivity index is 2.12. The van der Waals surface area contributed by atoms with Gasteiger partial charge in [0.25, 0.3) is 0 Å². The van der Waals surface area contributed by atoms with Crippen molar-refractivity contribution in [1.82, 2.24) is 0 Å². The molecule has 0 saturated carbocycles. The van der Waals surface area contributed by atoms with Gasteiger partial charge in [-0.25, -0.2) is 0 Å². The number of allylic oxidation sites excluding steroid dienone is 1. The van der Waals surface area contributed by atoms with Gasteiger partial charge in [0.2, 0.25) is 0 Å². The first-order chi connectivity index (χ1) is 8.83. The maximum Gasteiger partial charge on any atom is 0.320 e. The zero-order valence-electron chi connectivity index (χ0n) is 11.6. The average molecular weight is 280 g/mol. The summed E-state index contributed by atoms with van der Waals surface area (Å²) in [6.45, 7) is 10.5. The van der Waals surface area contributed by atoms with Crippen molar-refractivity contribution in [2.24, 2.45) is 11.8 Å². The van der Waals surface area contributed by atoms with Gasteiger partial charge < -0.3 is 9.47 Å². The van der Waals surface area contributed by atoms with Gasteiger partial charge in [-0.3, -0.25) is 9.59 Å². The Morgan fingerprint density at radius 3 is 2.26 bits per heavy atom. The van der Waals surface area contributed by atoms with E-state index in [0.717, 1.165) is 6.04 Å². The van der Waals surface area contributed by atoms with Gasteiger partial charge in [0, 0.05) is 8.07 Å². The molecule has 0 aromatic carbocycles. The van der Waals surface area contributed by atoms with Crippen molar-refractivity contribution >= 4 is 20.0 Å². The van der Waals surface area contributed by atoms with Gasteiger partial charge in [-0.1, -0.05) is 37.9 Å². The molecule has 4 atom stereocenters. The lowest BCUT2D eigenvalue weighted by Gasteiger charge is -2.14. The van der Waals surface area contributed by atoms with E-state index in [1.54, 1.807) is 6.08 Å². The molecule has 0 N–H and O–H groups in total. The second kappa shape index (κ2) is 5.05. The monoisotopic (exact) mass is 280 g/mol. The fourth-order valence-electron chi connectivity index (χ4n) is 2.48. The average Bonchev–Trinajstić information content (AvgIpc) is 2.78. The van der Waals surface area contributed by atoms with Crippen LogP contribution in [0.15, 0.2) is 24.8 Å². The lowest BCUT2D eigenvalue weighted by Crippen LogP contribution is -2.23. The van der Waals surface area contributed by atoms with Gasteiger partial charge in [-0.15, -0.1) is 6.58 Å². The van der Waals surface area contributed by atoms with E-state index in [1.165, 1.54) is 0 Å². The summed E-state index contributed by atoms with van der Waals surface area (Å²) >= 11 is 0. The molecule has 5 heteroatoms. The highest BCUT2D eigenvalue weighted by Crippen LogP contribution is 2.40. The van der Waals surface area contributed by atoms with Crippen molar-refractivity contribution in [3.05, 3.63) is 24.8 Å². The van der Waals surface area contributed by atoms with Crippen molar-refractivity contribution in [1.29, 1.82) is 0 Å². The molecule has 0 spiro atoms. The largest absolute Gasteiger partial charge is 0.393 e. The highest BCUT2D eigenvalue weighted by atomic mass is 28.3. The normalized spacial score (nSPS) is 34.7. The van der Waals surface area contributed by atoms with Gasteiger partial charge in [0.05, 0.1) is 12.2 Å². The first-order valence-corrected chi connectivity index (χ1v) is 10.2. The smallest absolute Gasteiger partial charge is 0.320 e. The third-order valence-electron chi connectivity index (χ3n) is 3.44. The van der Waals surface area contributed by atoms with Gasteiger partial charge in [0.15, 0.2) is 0 Å². The second-order valence-corrected chi connectivity index (χ2v) is 11.8. The molecule has 2 aliphatic heterocycles. The number of carbonyl (C=O) groups excluding carboxylic acids is 2. The minimum Gasteiger partial charge on any atom is -0.393 e. The lowest BCUT2D eigenvalue weighted by molar-refractivity contribution is -0.156. The van der Waals surface area contributed by atoms with Crippen molar-refractivity contribution in [2.45, 2.75) is 37.9 Å². The zero-order chi connectivity index (χ0) is 14.2. The van der Waals surface area contributed by atoms with Crippen LogP contribution in [0.1, 0.15) is 0 Å². The fourth-order valence-corrected chi connectivity index (χ4v) is 3.32. The number of cyclic esters (lactones) is 2. The highest BCUT2D eigenvalue weighted by Gasteiger charge is 2.57. The van der Waals surface area contributed by atoms with E-state index in [2.05, 4.69) is 32.3 Å². The Kier molecular flexibility index (Phi) is 3.78. The van der Waals surface area contributed by atoms with Crippen LogP contribution in [0.5, 0.6) is 0 Å². The molecule has 0 aliphatic carbocycles. The van der Waals surface area contributed by atoms with Crippen LogP contribution in [0.3, 0.4) is 0 Å². The van der Waals surface area contributed by atoms with Gasteiger partial charge in [-0.2, -0.15) is 0 Å². The maximum atomic E-state index is 11.7. The Bertz CT molecular complexity index is 435. The molecule has 2 saturated heterocycles. The molecular formula is C14H20O4Si. The van der Waals surface area contributed by atoms with Crippen LogP contribution >= 0.6 is 0 Å². The molecule has 104 valence electrons. The number of carbonyl (C=O) groups is 2. The van der Waals surface area contributed by atoms with E-state index in [9.17, 15) is 9.59 Å². The van der Waals surface area contributed by atoms with E-state index in [0.29, 0.717) is 0 Å². The first kappa shape index (κ1) is 14.2. The molecule has 2 fully saturated rings. The highest BCUT2D eigenvalue weighted by molar-refractivity contribution is 6.76. The molecule has 4 unspecified atom stereocenters. The summed E-state index contributed by atoms with van der Waals surface area (Å²) < 4.78 is 10.4. The third kappa shape index (κ3) is 2.87. The molecule has 0 radical (unpaired) electrons. The molecule has 2 rings (SSSR count). The van der Waals surface area contributed by atoms with E-state index in [4.69, 9.17) is 9.47 Å². The predicted octanol–water partition coefficient (Wildman–Crippen LogP) is 2.15. The number of hydrogen-bond donors (Lipinski definition) is 0. The van der Waals surface area contributed by atoms with Gasteiger partial charge >= 0.3 is 11.9 Å². The molecule has 0 aromatic rings. The summed E-state index contributed by atoms with van der Waals surface area (Å²) in [7, 11) is -1.16. The molecule has 0 amide bonds. The summed E-state index contributed by atoms with van der Waals surface area (Å²) in [6.07, 6.45) is 4.74. The minimum absolute atomic E-state index is 0.372. The Morgan fingerprint density at radius 2 is 1.74 bits per heavy atom. The van der Waals surface area contributed by atoms with Crippen LogP contribution in [0, 0.1) is 11.8 Å². The van der Waals surface area contributed by atoms with E-state index in [-0.39, 0.29) is 6.10 Å². The molecule has 0 aromatic heterocycles. The topological polar surface area (TPSA) is 52.6 Å². The predicted molar refractivity (Wildman–Crippen MR) is 74.2 cm³/mol. The number of rotatable bonds is 4. The molecule has 0 bridgehead atoms. The quantitative estimate of drug-likeness (QED) is 0.343. The van der Waals surface area contributed by atoms with E-state index < -0.39 is 38.0 Å². The van der Waals surface area contributed by atoms with Crippen LogP contribution in [0.2, 0.25) is 25.7 Å². The van der Waals surface area contributed by atoms with Gasteiger partial charge in [0.1, 0.15) is 11.8 Å². The van der Waals surface area contributed by atoms with E-state index in [1.807, 2.05) is 6.08 Å². The summed E-state index contributed by atoms with van der Waals surface area (Å²) in [5, 5.41) is 0. The first-order valence-electron chi connectivity index (χ1n) is 6.54. The fraction of sp³-hybridized carbons (Fsp3) is 0.571. The molecule has 2 heterocycles. The van der Waals surface area contributed by atoms with Crippen molar-refractivity contribution in [3.63, 3.8) is 0 Å². The van der Waals surface area contributed by atoms with Crippen molar-refractivity contribution in [3.8, 4) is 0 Å². The Morgan fingerprint density at radius 1 is 1.16 bits per heavy atom. The van der Waals surface area contributed by atoms with Crippen molar-refractivity contribution in [2.75, 3.05) is 0 Å². The molecule has 2 aliphatic rings. The SMILES string of the molecule is C=CC1OC(C=CC[Si](C)(C)C)C2C(=O)OC(=O)C12. The molecular weight excluding hydrogens is 260 g/mol. The molecule has 4 nitrogen and oxygen atoms in total. The second-order valence-electron chi connectivity index (χ2n) is 6.29. The van der Waals surface area contributed by atoms with Gasteiger partial charge in [-0.05, 0) is 6.04 Å². The Hall–Kier alpha value is -1.20. The number of fused-ring (bicyclic) bond motifs is 1. The Labute approximate surface area is 114 Å². The standard InChI is InChI=1S/C14H20O4Si/c1-5-9-11-12(14(16)18-13(11)15)10(17-9)7-6-8-19(2,3)4/h5-7,9-12H,1,8H2,2-4H3. The van der Waals surface area contributed by atoms with E-state index >= 15 is 0 Å². The van der Waals surface area contributed by atoms with Crippen molar-refractivity contribution < 1.29 is 19.1 Å². The van der Waals surface area contributed by atoms with Crippen LogP contribution in [0.25, 0.3) is 0 Å². The summed E-state index contributed by atoms with van der Waals surface area (Å²) in [5.74, 6) is -1.98. The van der Waals surface area contributed by atoms with Crippen LogP contribution in [-0.2, 0) is 19.1 Å². The number of ether oxygens (including phenoxy) is 2. The zero-order valence-corrected chi connectivity index (χ0v) is 12.6. The summed E-state index contributed by atoms with van der Waals surface area (Å²) in [6, 6.07) is 1.02. The minimum atomic E-state index is -1.16. The summed E-state index contributed by atoms with van der Waals surface area (Å²) in [5.41, 5.74) is 0. The van der Waals surface area contributed by atoms with Crippen LogP contribution in [0.4, 0.5) is 0 Å². The molecule has 19 heavy (non-hydrogen) atoms. The number of esters is 2.